The lowest BCUT2D eigenvalue weighted by molar-refractivity contribution is 0.249. The topological polar surface area (TPSA) is 66.4 Å². The molecule has 2 aromatic carbocycles. The number of methoxy groups -OCH3 is 1. The molecule has 1 fully saturated rings. The fraction of sp³-hybridized carbons (Fsp3) is 0.318. The van der Waals surface area contributed by atoms with E-state index in [9.17, 15) is 0 Å². The van der Waals surface area contributed by atoms with E-state index in [0.29, 0.717) is 5.95 Å². The number of nitrogens with one attached hydrogen (secondary N) is 1. The molecular formula is C22H26N6O. The Kier molecular flexibility index (Phi) is 5.86. The van der Waals surface area contributed by atoms with Crippen molar-refractivity contribution in [2.24, 2.45) is 0 Å². The lowest BCUT2D eigenvalue weighted by Gasteiger charge is -2.35. The average Bonchev–Trinajstić information content (AvgIpc) is 2.75. The summed E-state index contributed by atoms with van der Waals surface area (Å²) in [4.78, 5) is 9.40. The highest BCUT2D eigenvalue weighted by Crippen LogP contribution is 2.27. The Labute approximate surface area is 171 Å². The van der Waals surface area contributed by atoms with E-state index in [2.05, 4.69) is 60.6 Å². The summed E-state index contributed by atoms with van der Waals surface area (Å²) in [7, 11) is 1.65. The molecular weight excluding hydrogens is 364 g/mol. The van der Waals surface area contributed by atoms with Crippen LogP contribution in [0, 0.1) is 6.92 Å². The van der Waals surface area contributed by atoms with Crippen LogP contribution in [0.1, 0.15) is 11.1 Å². The monoisotopic (exact) mass is 390 g/mol. The minimum absolute atomic E-state index is 0.470. The number of ether oxygens (including phenoxy) is 1. The van der Waals surface area contributed by atoms with Crippen LogP contribution >= 0.6 is 0 Å². The van der Waals surface area contributed by atoms with Gasteiger partial charge in [0.2, 0.25) is 5.95 Å². The number of hydrogen-bond acceptors (Lipinski definition) is 7. The van der Waals surface area contributed by atoms with E-state index in [1.807, 2.05) is 25.1 Å². The highest BCUT2D eigenvalue weighted by atomic mass is 16.5. The second-order valence-corrected chi connectivity index (χ2v) is 7.22. The summed E-state index contributed by atoms with van der Waals surface area (Å²) in [5, 5.41) is 11.5. The van der Waals surface area contributed by atoms with Gasteiger partial charge in [0, 0.05) is 32.7 Å². The van der Waals surface area contributed by atoms with E-state index in [4.69, 9.17) is 4.74 Å². The Hall–Kier alpha value is -3.19. The Morgan fingerprint density at radius 1 is 1.03 bits per heavy atom. The number of rotatable bonds is 6. The molecule has 29 heavy (non-hydrogen) atoms. The zero-order valence-corrected chi connectivity index (χ0v) is 16.9. The van der Waals surface area contributed by atoms with Gasteiger partial charge in [0.1, 0.15) is 5.75 Å². The first-order valence-corrected chi connectivity index (χ1v) is 9.84. The predicted molar refractivity (Wildman–Crippen MR) is 115 cm³/mol. The van der Waals surface area contributed by atoms with Gasteiger partial charge in [0.05, 0.1) is 19.0 Å². The van der Waals surface area contributed by atoms with Gasteiger partial charge in [-0.2, -0.15) is 10.1 Å². The van der Waals surface area contributed by atoms with Crippen LogP contribution in [0.4, 0.5) is 17.5 Å². The zero-order chi connectivity index (χ0) is 20.1. The van der Waals surface area contributed by atoms with Gasteiger partial charge in [-0.25, -0.2) is 0 Å². The third-order valence-corrected chi connectivity index (χ3v) is 5.09. The third kappa shape index (κ3) is 4.81. The quantitative estimate of drug-likeness (QED) is 0.693. The minimum Gasteiger partial charge on any atom is -0.495 e. The third-order valence-electron chi connectivity index (χ3n) is 5.09. The van der Waals surface area contributed by atoms with E-state index < -0.39 is 0 Å². The molecule has 0 radical (unpaired) electrons. The standard InChI is InChI=1S/C22H26N6O/c1-17-8-9-20(29-2)19(14-17)24-22-25-21(15-23-26-22)28-12-10-27(11-13-28)16-18-6-4-3-5-7-18/h3-9,14-15H,10-13,16H2,1-2H3,(H,24,25,26). The Morgan fingerprint density at radius 3 is 2.59 bits per heavy atom. The number of benzene rings is 2. The highest BCUT2D eigenvalue weighted by molar-refractivity contribution is 5.64. The summed E-state index contributed by atoms with van der Waals surface area (Å²) in [6.07, 6.45) is 1.73. The Morgan fingerprint density at radius 2 is 1.83 bits per heavy atom. The minimum atomic E-state index is 0.470. The summed E-state index contributed by atoms with van der Waals surface area (Å²) in [5.74, 6) is 2.06. The van der Waals surface area contributed by atoms with Gasteiger partial charge in [-0.1, -0.05) is 36.4 Å². The van der Waals surface area contributed by atoms with Crippen LogP contribution in [-0.2, 0) is 6.54 Å². The van der Waals surface area contributed by atoms with Gasteiger partial charge in [-0.15, -0.1) is 5.10 Å². The molecule has 7 heteroatoms. The number of aromatic nitrogens is 3. The maximum absolute atomic E-state index is 5.43. The molecule has 1 N–H and O–H groups in total. The maximum Gasteiger partial charge on any atom is 0.249 e. The Bertz CT molecular complexity index is 941. The summed E-state index contributed by atoms with van der Waals surface area (Å²) in [5.41, 5.74) is 3.31. The lowest BCUT2D eigenvalue weighted by Crippen LogP contribution is -2.46. The highest BCUT2D eigenvalue weighted by Gasteiger charge is 2.19. The van der Waals surface area contributed by atoms with Crippen LogP contribution < -0.4 is 15.0 Å². The van der Waals surface area contributed by atoms with Crippen molar-refractivity contribution in [3.63, 3.8) is 0 Å². The predicted octanol–water partition coefficient (Wildman–Crippen LogP) is 3.25. The van der Waals surface area contributed by atoms with Crippen LogP contribution in [0.5, 0.6) is 5.75 Å². The molecule has 0 saturated carbocycles. The van der Waals surface area contributed by atoms with Gasteiger partial charge >= 0.3 is 0 Å². The molecule has 4 rings (SSSR count). The summed E-state index contributed by atoms with van der Waals surface area (Å²) in [6, 6.07) is 16.6. The smallest absolute Gasteiger partial charge is 0.249 e. The molecule has 1 aromatic heterocycles. The summed E-state index contributed by atoms with van der Waals surface area (Å²) >= 11 is 0. The molecule has 1 aliphatic heterocycles. The van der Waals surface area contributed by atoms with Crippen molar-refractivity contribution in [1.29, 1.82) is 0 Å². The fourth-order valence-corrected chi connectivity index (χ4v) is 3.52. The number of nitrogens with zero attached hydrogens (tertiary/aromatic N) is 5. The number of anilines is 3. The lowest BCUT2D eigenvalue weighted by atomic mass is 10.2. The van der Waals surface area contributed by atoms with Gasteiger partial charge in [0.15, 0.2) is 5.82 Å². The van der Waals surface area contributed by atoms with Gasteiger partial charge < -0.3 is 15.0 Å². The molecule has 1 aliphatic rings. The second-order valence-electron chi connectivity index (χ2n) is 7.22. The Balaban J connectivity index is 1.40. The van der Waals surface area contributed by atoms with Gasteiger partial charge in [0.25, 0.3) is 0 Å². The zero-order valence-electron chi connectivity index (χ0n) is 16.9. The van der Waals surface area contributed by atoms with Crippen molar-refractivity contribution in [2.45, 2.75) is 13.5 Å². The molecule has 3 aromatic rings. The van der Waals surface area contributed by atoms with Gasteiger partial charge in [-0.3, -0.25) is 4.90 Å². The first-order valence-electron chi connectivity index (χ1n) is 9.84. The van der Waals surface area contributed by atoms with Crippen molar-refractivity contribution >= 4 is 17.5 Å². The van der Waals surface area contributed by atoms with Crippen molar-refractivity contribution in [2.75, 3.05) is 43.5 Å². The first-order chi connectivity index (χ1) is 14.2. The molecule has 150 valence electrons. The molecule has 0 aliphatic carbocycles. The summed E-state index contributed by atoms with van der Waals surface area (Å²) in [6.45, 7) is 6.84. The largest absolute Gasteiger partial charge is 0.495 e. The van der Waals surface area contributed by atoms with E-state index in [-0.39, 0.29) is 0 Å². The molecule has 7 nitrogen and oxygen atoms in total. The number of piperazine rings is 1. The van der Waals surface area contributed by atoms with E-state index in [1.165, 1.54) is 5.56 Å². The van der Waals surface area contributed by atoms with E-state index in [0.717, 1.165) is 55.5 Å². The number of hydrogen-bond donors (Lipinski definition) is 1. The first kappa shape index (κ1) is 19.1. The van der Waals surface area contributed by atoms with Crippen molar-refractivity contribution < 1.29 is 4.74 Å². The van der Waals surface area contributed by atoms with Crippen molar-refractivity contribution in [3.8, 4) is 5.75 Å². The fourth-order valence-electron chi connectivity index (χ4n) is 3.52. The van der Waals surface area contributed by atoms with Crippen LogP contribution in [0.15, 0.2) is 54.7 Å². The second kappa shape index (κ2) is 8.87. The summed E-state index contributed by atoms with van der Waals surface area (Å²) < 4.78 is 5.43. The van der Waals surface area contributed by atoms with Crippen molar-refractivity contribution in [3.05, 3.63) is 65.9 Å². The van der Waals surface area contributed by atoms with E-state index in [1.54, 1.807) is 13.3 Å². The average molecular weight is 390 g/mol. The van der Waals surface area contributed by atoms with Crippen LogP contribution in [0.2, 0.25) is 0 Å². The van der Waals surface area contributed by atoms with Crippen LogP contribution in [0.25, 0.3) is 0 Å². The van der Waals surface area contributed by atoms with E-state index >= 15 is 0 Å². The van der Waals surface area contributed by atoms with Crippen LogP contribution in [-0.4, -0.2) is 53.4 Å². The maximum atomic E-state index is 5.43. The SMILES string of the molecule is COc1ccc(C)cc1Nc1nncc(N2CCN(Cc3ccccc3)CC2)n1. The number of aryl methyl sites for hydroxylation is 1. The molecule has 0 unspecified atom stereocenters. The van der Waals surface area contributed by atoms with Gasteiger partial charge in [-0.05, 0) is 30.2 Å². The van der Waals surface area contributed by atoms with Crippen molar-refractivity contribution in [1.82, 2.24) is 20.1 Å². The molecule has 0 spiro atoms. The molecule has 2 heterocycles. The normalized spacial score (nSPS) is 14.6. The molecule has 1 saturated heterocycles. The molecule has 0 bridgehead atoms. The molecule has 0 amide bonds. The van der Waals surface area contributed by atoms with Crippen LogP contribution in [0.3, 0.4) is 0 Å². The molecule has 0 atom stereocenters.